The highest BCUT2D eigenvalue weighted by Gasteiger charge is 2.17. The second kappa shape index (κ2) is 11.3. The van der Waals surface area contributed by atoms with Crippen molar-refractivity contribution in [3.05, 3.63) is 78.6 Å². The van der Waals surface area contributed by atoms with E-state index in [2.05, 4.69) is 10.2 Å². The van der Waals surface area contributed by atoms with Gasteiger partial charge in [-0.25, -0.2) is 31.1 Å². The number of benzene rings is 2. The van der Waals surface area contributed by atoms with Crippen LogP contribution in [-0.4, -0.2) is 45.9 Å². The van der Waals surface area contributed by atoms with Crippen LogP contribution in [0, 0.1) is 0 Å². The van der Waals surface area contributed by atoms with Crippen LogP contribution in [0.3, 0.4) is 0 Å². The number of rotatable bonds is 9. The van der Waals surface area contributed by atoms with Crippen LogP contribution in [0.4, 0.5) is 5.69 Å². The lowest BCUT2D eigenvalue weighted by atomic mass is 10.1. The minimum atomic E-state index is -3.84. The van der Waals surface area contributed by atoms with Crippen molar-refractivity contribution in [3.8, 4) is 11.1 Å². The third-order valence-corrected chi connectivity index (χ3v) is 7.75. The molecular weight excluding hydrogens is 518 g/mol. The summed E-state index contributed by atoms with van der Waals surface area (Å²) in [6.45, 7) is 0.596. The predicted molar refractivity (Wildman–Crippen MR) is 139 cm³/mol. The zero-order chi connectivity index (χ0) is 26.5. The third-order valence-electron chi connectivity index (χ3n) is 5.50. The van der Waals surface area contributed by atoms with Gasteiger partial charge in [-0.05, 0) is 65.9 Å². The molecule has 0 radical (unpaired) electrons. The molecule has 10 nitrogen and oxygen atoms in total. The number of amides is 1. The average Bonchev–Trinajstić information content (AvgIpc) is 3.37. The molecule has 0 spiro atoms. The van der Waals surface area contributed by atoms with Gasteiger partial charge in [-0.3, -0.25) is 9.52 Å². The molecule has 1 fully saturated rings. The lowest BCUT2D eigenvalue weighted by Crippen LogP contribution is -2.32. The second-order valence-electron chi connectivity index (χ2n) is 8.47. The van der Waals surface area contributed by atoms with Crippen LogP contribution in [0.25, 0.3) is 17.2 Å². The van der Waals surface area contributed by atoms with Gasteiger partial charge in [-0.2, -0.15) is 0 Å². The molecule has 196 valence electrons. The van der Waals surface area contributed by atoms with E-state index in [1.165, 1.54) is 36.7 Å². The van der Waals surface area contributed by atoms with Crippen LogP contribution in [0.5, 0.6) is 0 Å². The highest BCUT2D eigenvalue weighted by molar-refractivity contribution is 7.92. The number of hydrogen-bond donors (Lipinski definition) is 2. The molecule has 2 aromatic carbocycles. The Morgan fingerprint density at radius 1 is 1.00 bits per heavy atom. The van der Waals surface area contributed by atoms with Crippen LogP contribution in [0.1, 0.15) is 24.8 Å². The average molecular weight is 546 g/mol. The number of hydroxylamine groups is 1. The fourth-order valence-electron chi connectivity index (χ4n) is 3.66. The molecule has 2 N–H and O–H groups in total. The molecule has 1 saturated heterocycles. The first-order valence-electron chi connectivity index (χ1n) is 11.5. The Hall–Kier alpha value is -3.45. The van der Waals surface area contributed by atoms with Crippen LogP contribution in [0.15, 0.2) is 78.0 Å². The van der Waals surface area contributed by atoms with Crippen molar-refractivity contribution in [2.24, 2.45) is 0 Å². The number of carbonyl (C=O) groups excluding carboxylic acids is 1. The fourth-order valence-corrected chi connectivity index (χ4v) is 5.43. The molecule has 37 heavy (non-hydrogen) atoms. The summed E-state index contributed by atoms with van der Waals surface area (Å²) in [4.78, 5) is 17.3. The Morgan fingerprint density at radius 3 is 2.30 bits per heavy atom. The van der Waals surface area contributed by atoms with Gasteiger partial charge < -0.3 is 4.74 Å². The first kappa shape index (κ1) is 26.6. The third kappa shape index (κ3) is 7.29. The summed E-state index contributed by atoms with van der Waals surface area (Å²) < 4.78 is 57.7. The molecule has 12 heteroatoms. The zero-order valence-corrected chi connectivity index (χ0v) is 21.7. The molecule has 1 atom stereocenters. The Labute approximate surface area is 216 Å². The van der Waals surface area contributed by atoms with Gasteiger partial charge in [0.2, 0.25) is 10.0 Å². The van der Waals surface area contributed by atoms with E-state index in [4.69, 9.17) is 9.57 Å². The largest absolute Gasteiger partial charge is 0.350 e. The maximum Gasteiger partial charge on any atom is 0.267 e. The van der Waals surface area contributed by atoms with Crippen molar-refractivity contribution >= 4 is 37.7 Å². The smallest absolute Gasteiger partial charge is 0.267 e. The summed E-state index contributed by atoms with van der Waals surface area (Å²) in [6.07, 6.45) is 8.81. The summed E-state index contributed by atoms with van der Waals surface area (Å²) in [5, 5.41) is 0. The number of aromatic nitrogens is 1. The molecule has 0 saturated carbocycles. The first-order valence-corrected chi connectivity index (χ1v) is 14.8. The maximum atomic E-state index is 13.0. The van der Waals surface area contributed by atoms with Gasteiger partial charge in [-0.15, -0.1) is 0 Å². The van der Waals surface area contributed by atoms with Crippen molar-refractivity contribution in [1.82, 2.24) is 9.45 Å². The SMILES string of the molecule is CS(=O)(=O)Nc1ccc(-c2ccc(S(=O)(=O)n3ccc(C=CC(=O)NOC4CCCCO4)c3)cc2)cc1. The molecule has 0 aliphatic carbocycles. The maximum absolute atomic E-state index is 13.0. The quantitative estimate of drug-likeness (QED) is 0.311. The molecule has 0 bridgehead atoms. The standard InChI is InChI=1S/C25H27N3O7S2/c1-36(30,31)27-22-10-6-20(7-11-22)21-8-12-23(13-9-21)37(32,33)28-16-15-19(18-28)5-14-24(29)26-35-25-4-2-3-17-34-25/h5-16,18,25,27H,2-4,17H2,1H3,(H,26,29). The van der Waals surface area contributed by atoms with Gasteiger partial charge in [0, 0.05) is 37.2 Å². The topological polar surface area (TPSA) is 133 Å². The van der Waals surface area contributed by atoms with E-state index in [9.17, 15) is 21.6 Å². The van der Waals surface area contributed by atoms with E-state index in [1.54, 1.807) is 42.5 Å². The summed E-state index contributed by atoms with van der Waals surface area (Å²) in [5.74, 6) is -0.486. The van der Waals surface area contributed by atoms with Crippen LogP contribution >= 0.6 is 0 Å². The van der Waals surface area contributed by atoms with Crippen molar-refractivity contribution in [2.45, 2.75) is 30.4 Å². The van der Waals surface area contributed by atoms with Crippen LogP contribution < -0.4 is 10.2 Å². The Kier molecular flexibility index (Phi) is 8.13. The van der Waals surface area contributed by atoms with E-state index in [1.807, 2.05) is 0 Å². The zero-order valence-electron chi connectivity index (χ0n) is 20.0. The molecule has 3 aromatic rings. The van der Waals surface area contributed by atoms with Gasteiger partial charge in [0.1, 0.15) is 0 Å². The van der Waals surface area contributed by atoms with E-state index in [-0.39, 0.29) is 4.90 Å². The van der Waals surface area contributed by atoms with Crippen LogP contribution in [-0.2, 0) is 34.4 Å². The number of ether oxygens (including phenoxy) is 1. The first-order chi connectivity index (χ1) is 17.6. The minimum absolute atomic E-state index is 0.0939. The van der Waals surface area contributed by atoms with Crippen molar-refractivity contribution < 1.29 is 31.2 Å². The van der Waals surface area contributed by atoms with Crippen molar-refractivity contribution in [2.75, 3.05) is 17.6 Å². The molecule has 1 amide bonds. The van der Waals surface area contributed by atoms with Gasteiger partial charge in [0.05, 0.1) is 11.2 Å². The Bertz CT molecular complexity index is 1470. The number of sulfonamides is 1. The van der Waals surface area contributed by atoms with E-state index < -0.39 is 32.2 Å². The monoisotopic (exact) mass is 545 g/mol. The van der Waals surface area contributed by atoms with E-state index >= 15 is 0 Å². The molecule has 1 unspecified atom stereocenters. The lowest BCUT2D eigenvalue weighted by Gasteiger charge is -2.21. The summed E-state index contributed by atoms with van der Waals surface area (Å²) in [7, 11) is -7.21. The normalized spacial score (nSPS) is 16.5. The molecule has 4 rings (SSSR count). The Morgan fingerprint density at radius 2 is 1.68 bits per heavy atom. The Balaban J connectivity index is 1.39. The van der Waals surface area contributed by atoms with E-state index in [0.29, 0.717) is 24.3 Å². The summed E-state index contributed by atoms with van der Waals surface area (Å²) in [6, 6.07) is 14.7. The number of carbonyl (C=O) groups is 1. The highest BCUT2D eigenvalue weighted by atomic mass is 32.2. The number of anilines is 1. The number of nitrogens with one attached hydrogen (secondary N) is 2. The van der Waals surface area contributed by atoms with Gasteiger partial charge in [-0.1, -0.05) is 24.3 Å². The summed E-state index contributed by atoms with van der Waals surface area (Å²) >= 11 is 0. The summed E-state index contributed by atoms with van der Waals surface area (Å²) in [5.41, 5.74) is 4.84. The van der Waals surface area contributed by atoms with E-state index in [0.717, 1.165) is 34.2 Å². The van der Waals surface area contributed by atoms with Crippen molar-refractivity contribution in [1.29, 1.82) is 0 Å². The van der Waals surface area contributed by atoms with Gasteiger partial charge in [0.15, 0.2) is 6.29 Å². The molecule has 2 heterocycles. The molecule has 1 aliphatic rings. The lowest BCUT2D eigenvalue weighted by molar-refractivity contribution is -0.198. The molecular formula is C25H27N3O7S2. The second-order valence-corrected chi connectivity index (χ2v) is 12.1. The predicted octanol–water partition coefficient (Wildman–Crippen LogP) is 3.35. The van der Waals surface area contributed by atoms with Gasteiger partial charge >= 0.3 is 0 Å². The van der Waals surface area contributed by atoms with Gasteiger partial charge in [0.25, 0.3) is 15.9 Å². The minimum Gasteiger partial charge on any atom is -0.350 e. The number of hydrogen-bond acceptors (Lipinski definition) is 7. The fraction of sp³-hybridized carbons (Fsp3) is 0.240. The van der Waals surface area contributed by atoms with Crippen LogP contribution in [0.2, 0.25) is 0 Å². The highest BCUT2D eigenvalue weighted by Crippen LogP contribution is 2.24. The number of nitrogens with zero attached hydrogens (tertiary/aromatic N) is 1. The van der Waals surface area contributed by atoms with Crippen molar-refractivity contribution in [3.63, 3.8) is 0 Å². The molecule has 1 aromatic heterocycles. The molecule has 1 aliphatic heterocycles.